The summed E-state index contributed by atoms with van der Waals surface area (Å²) in [7, 11) is 0. The molecule has 1 aliphatic carbocycles. The quantitative estimate of drug-likeness (QED) is 0.805. The van der Waals surface area contributed by atoms with Crippen LogP contribution in [0.25, 0.3) is 0 Å². The molecule has 2 unspecified atom stereocenters. The second-order valence-electron chi connectivity index (χ2n) is 6.56. The first-order valence-electron chi connectivity index (χ1n) is 8.20. The summed E-state index contributed by atoms with van der Waals surface area (Å²) in [4.78, 5) is 2.53. The third-order valence-electron chi connectivity index (χ3n) is 5.14. The van der Waals surface area contributed by atoms with Crippen molar-refractivity contribution >= 4 is 0 Å². The Balaban J connectivity index is 2.01. The minimum Gasteiger partial charge on any atom is -0.391 e. The van der Waals surface area contributed by atoms with Gasteiger partial charge in [0.05, 0.1) is 19.3 Å². The van der Waals surface area contributed by atoms with Crippen LogP contribution in [0.5, 0.6) is 0 Å². The zero-order valence-electron chi connectivity index (χ0n) is 12.7. The molecule has 0 spiro atoms. The second kappa shape index (κ2) is 7.05. The molecule has 0 aromatic carbocycles. The highest BCUT2D eigenvalue weighted by Gasteiger charge is 2.45. The van der Waals surface area contributed by atoms with Crippen LogP contribution >= 0.6 is 0 Å². The molecule has 2 aliphatic rings. The van der Waals surface area contributed by atoms with E-state index < -0.39 is 0 Å². The summed E-state index contributed by atoms with van der Waals surface area (Å²) < 4.78 is 5.48. The second-order valence-corrected chi connectivity index (χ2v) is 6.56. The van der Waals surface area contributed by atoms with Crippen LogP contribution in [0.2, 0.25) is 0 Å². The van der Waals surface area contributed by atoms with Crippen LogP contribution in [0.1, 0.15) is 58.8 Å². The normalized spacial score (nSPS) is 27.3. The topological polar surface area (TPSA) is 32.7 Å². The molecule has 2 atom stereocenters. The van der Waals surface area contributed by atoms with E-state index in [1.54, 1.807) is 0 Å². The molecule has 1 N–H and O–H groups in total. The maximum Gasteiger partial charge on any atom is 0.0726 e. The lowest BCUT2D eigenvalue weighted by molar-refractivity contribution is -0.0817. The van der Waals surface area contributed by atoms with E-state index in [2.05, 4.69) is 18.7 Å². The molecule has 1 heterocycles. The highest BCUT2D eigenvalue weighted by molar-refractivity contribution is 5.01. The first-order chi connectivity index (χ1) is 9.19. The Hall–Kier alpha value is -0.120. The lowest BCUT2D eigenvalue weighted by Gasteiger charge is -2.47. The van der Waals surface area contributed by atoms with Crippen molar-refractivity contribution in [3.63, 3.8) is 0 Å². The Labute approximate surface area is 118 Å². The summed E-state index contributed by atoms with van der Waals surface area (Å²) in [6, 6.07) is 0. The maximum atomic E-state index is 10.9. The fourth-order valence-corrected chi connectivity index (χ4v) is 4.07. The van der Waals surface area contributed by atoms with E-state index >= 15 is 0 Å². The molecule has 2 fully saturated rings. The first-order valence-corrected chi connectivity index (χ1v) is 8.20. The summed E-state index contributed by atoms with van der Waals surface area (Å²) >= 11 is 0. The van der Waals surface area contributed by atoms with Gasteiger partial charge in [-0.25, -0.2) is 0 Å². The van der Waals surface area contributed by atoms with Crippen LogP contribution in [-0.4, -0.2) is 48.0 Å². The van der Waals surface area contributed by atoms with Crippen molar-refractivity contribution in [2.45, 2.75) is 70.4 Å². The van der Waals surface area contributed by atoms with Crippen LogP contribution in [0, 0.1) is 5.92 Å². The van der Waals surface area contributed by atoms with E-state index in [4.69, 9.17) is 4.74 Å². The molecular weight excluding hydrogens is 238 g/mol. The molecular formula is C16H31NO2. The van der Waals surface area contributed by atoms with Crippen LogP contribution in [-0.2, 0) is 4.74 Å². The fourth-order valence-electron chi connectivity index (χ4n) is 4.07. The molecule has 2 rings (SSSR count). The third kappa shape index (κ3) is 3.50. The Kier molecular flexibility index (Phi) is 5.67. The lowest BCUT2D eigenvalue weighted by Crippen LogP contribution is -2.58. The molecule has 0 amide bonds. The van der Waals surface area contributed by atoms with Gasteiger partial charge in [0.15, 0.2) is 0 Å². The molecule has 0 bridgehead atoms. The van der Waals surface area contributed by atoms with Crippen molar-refractivity contribution in [2.24, 2.45) is 5.92 Å². The van der Waals surface area contributed by atoms with Crippen molar-refractivity contribution < 1.29 is 9.84 Å². The van der Waals surface area contributed by atoms with E-state index in [-0.39, 0.29) is 11.6 Å². The summed E-state index contributed by atoms with van der Waals surface area (Å²) in [6.45, 7) is 8.18. The number of rotatable bonds is 6. The van der Waals surface area contributed by atoms with Gasteiger partial charge >= 0.3 is 0 Å². The minimum absolute atomic E-state index is 0.0613. The smallest absolute Gasteiger partial charge is 0.0726 e. The monoisotopic (exact) mass is 269 g/mol. The largest absolute Gasteiger partial charge is 0.391 e. The van der Waals surface area contributed by atoms with Gasteiger partial charge < -0.3 is 9.84 Å². The Morgan fingerprint density at radius 2 is 1.84 bits per heavy atom. The number of aliphatic hydroxyl groups is 1. The highest BCUT2D eigenvalue weighted by Crippen LogP contribution is 2.40. The molecule has 0 aromatic rings. The predicted molar refractivity (Wildman–Crippen MR) is 78.3 cm³/mol. The van der Waals surface area contributed by atoms with Crippen molar-refractivity contribution in [1.29, 1.82) is 0 Å². The Morgan fingerprint density at radius 3 is 2.42 bits per heavy atom. The van der Waals surface area contributed by atoms with Crippen LogP contribution < -0.4 is 0 Å². The average Bonchev–Trinajstić information content (AvgIpc) is 2.90. The molecule has 1 saturated heterocycles. The Bertz CT molecular complexity index is 257. The number of hydrogen-bond acceptors (Lipinski definition) is 3. The zero-order chi connectivity index (χ0) is 13.7. The standard InChI is InChI=1S/C16H31NO2/c1-3-6-14(2)13-15(18)16(7-4-5-8-16)17-9-11-19-12-10-17/h14-15,18H,3-13H2,1-2H3. The van der Waals surface area contributed by atoms with Crippen molar-refractivity contribution in [1.82, 2.24) is 4.90 Å². The van der Waals surface area contributed by atoms with E-state index in [1.807, 2.05) is 0 Å². The molecule has 0 aromatic heterocycles. The van der Waals surface area contributed by atoms with Gasteiger partial charge in [-0.3, -0.25) is 4.90 Å². The Morgan fingerprint density at radius 1 is 1.21 bits per heavy atom. The summed E-state index contributed by atoms with van der Waals surface area (Å²) in [5.74, 6) is 0.638. The molecule has 3 nitrogen and oxygen atoms in total. The molecule has 3 heteroatoms. The SMILES string of the molecule is CCCC(C)CC(O)C1(N2CCOCC2)CCCC1. The minimum atomic E-state index is -0.158. The van der Waals surface area contributed by atoms with Gasteiger partial charge in [0.25, 0.3) is 0 Å². The number of hydrogen-bond donors (Lipinski definition) is 1. The van der Waals surface area contributed by atoms with Gasteiger partial charge in [-0.05, 0) is 25.2 Å². The molecule has 1 saturated carbocycles. The molecule has 19 heavy (non-hydrogen) atoms. The fraction of sp³-hybridized carbons (Fsp3) is 1.00. The third-order valence-corrected chi connectivity index (χ3v) is 5.14. The maximum absolute atomic E-state index is 10.9. The van der Waals surface area contributed by atoms with Gasteiger partial charge in [-0.1, -0.05) is 39.5 Å². The highest BCUT2D eigenvalue weighted by atomic mass is 16.5. The van der Waals surface area contributed by atoms with Crippen LogP contribution in [0.3, 0.4) is 0 Å². The van der Waals surface area contributed by atoms with Crippen LogP contribution in [0.15, 0.2) is 0 Å². The summed E-state index contributed by atoms with van der Waals surface area (Å²) in [6.07, 6.45) is 8.15. The van der Waals surface area contributed by atoms with Gasteiger partial charge in [0.2, 0.25) is 0 Å². The number of ether oxygens (including phenoxy) is 1. The average molecular weight is 269 g/mol. The van der Waals surface area contributed by atoms with Gasteiger partial charge in [-0.2, -0.15) is 0 Å². The van der Waals surface area contributed by atoms with Gasteiger partial charge in [0.1, 0.15) is 0 Å². The van der Waals surface area contributed by atoms with E-state index in [0.29, 0.717) is 5.92 Å². The van der Waals surface area contributed by atoms with Crippen LogP contribution in [0.4, 0.5) is 0 Å². The number of morpholine rings is 1. The predicted octanol–water partition coefficient (Wildman–Crippen LogP) is 2.82. The number of nitrogens with zero attached hydrogens (tertiary/aromatic N) is 1. The van der Waals surface area contributed by atoms with Crippen molar-refractivity contribution in [3.05, 3.63) is 0 Å². The zero-order valence-corrected chi connectivity index (χ0v) is 12.7. The number of aliphatic hydroxyl groups excluding tert-OH is 1. The summed E-state index contributed by atoms with van der Waals surface area (Å²) in [5, 5.41) is 10.9. The van der Waals surface area contributed by atoms with Crippen molar-refractivity contribution in [2.75, 3.05) is 26.3 Å². The molecule has 1 aliphatic heterocycles. The van der Waals surface area contributed by atoms with E-state index in [9.17, 15) is 5.11 Å². The van der Waals surface area contributed by atoms with Gasteiger partial charge in [0, 0.05) is 18.6 Å². The summed E-state index contributed by atoms with van der Waals surface area (Å²) in [5.41, 5.74) is 0.0613. The van der Waals surface area contributed by atoms with E-state index in [0.717, 1.165) is 32.7 Å². The van der Waals surface area contributed by atoms with E-state index in [1.165, 1.54) is 38.5 Å². The van der Waals surface area contributed by atoms with Crippen molar-refractivity contribution in [3.8, 4) is 0 Å². The van der Waals surface area contributed by atoms with Gasteiger partial charge in [-0.15, -0.1) is 0 Å². The molecule has 112 valence electrons. The molecule has 0 radical (unpaired) electrons. The first kappa shape index (κ1) is 15.3. The lowest BCUT2D eigenvalue weighted by atomic mass is 9.82.